The molecule has 1 heteroatoms. The summed E-state index contributed by atoms with van der Waals surface area (Å²) in [6.07, 6.45) is 5.78. The summed E-state index contributed by atoms with van der Waals surface area (Å²) in [7, 11) is 0. The minimum absolute atomic E-state index is 0.904. The third-order valence-electron chi connectivity index (χ3n) is 3.37. The summed E-state index contributed by atoms with van der Waals surface area (Å²) >= 11 is 0. The lowest BCUT2D eigenvalue weighted by molar-refractivity contribution is 0.436. The highest BCUT2D eigenvalue weighted by Crippen LogP contribution is 2.42. The average molecular weight is 153 g/mol. The SMILES string of the molecule is CCCCC1CC(C)N2CC12. The van der Waals surface area contributed by atoms with Crippen molar-refractivity contribution in [1.82, 2.24) is 4.90 Å². The Bertz CT molecular complexity index is 144. The zero-order valence-electron chi connectivity index (χ0n) is 7.71. The molecule has 2 fully saturated rings. The Balaban J connectivity index is 1.78. The van der Waals surface area contributed by atoms with Gasteiger partial charge >= 0.3 is 0 Å². The molecule has 2 aliphatic rings. The highest BCUT2D eigenvalue weighted by atomic mass is 15.4. The molecular formula is C10H19N. The first-order valence-electron chi connectivity index (χ1n) is 5.08. The van der Waals surface area contributed by atoms with Crippen molar-refractivity contribution in [1.29, 1.82) is 0 Å². The smallest absolute Gasteiger partial charge is 0.0255 e. The van der Waals surface area contributed by atoms with Gasteiger partial charge in [0.2, 0.25) is 0 Å². The van der Waals surface area contributed by atoms with E-state index in [2.05, 4.69) is 18.7 Å². The van der Waals surface area contributed by atoms with Gasteiger partial charge in [0.1, 0.15) is 0 Å². The fourth-order valence-corrected chi connectivity index (χ4v) is 2.60. The summed E-state index contributed by atoms with van der Waals surface area (Å²) in [6, 6.07) is 1.92. The van der Waals surface area contributed by atoms with E-state index in [-0.39, 0.29) is 0 Å². The summed E-state index contributed by atoms with van der Waals surface area (Å²) in [6.45, 7) is 6.09. The van der Waals surface area contributed by atoms with Crippen LogP contribution in [0.2, 0.25) is 0 Å². The van der Waals surface area contributed by atoms with Gasteiger partial charge in [-0.1, -0.05) is 19.8 Å². The van der Waals surface area contributed by atoms with Gasteiger partial charge in [0.25, 0.3) is 0 Å². The van der Waals surface area contributed by atoms with E-state index in [0.29, 0.717) is 0 Å². The molecule has 0 aromatic carbocycles. The normalized spacial score (nSPS) is 47.5. The molecule has 0 saturated carbocycles. The molecular weight excluding hydrogens is 134 g/mol. The molecule has 4 unspecified atom stereocenters. The molecule has 2 aliphatic heterocycles. The first-order chi connectivity index (χ1) is 5.33. The molecule has 0 radical (unpaired) electrons. The van der Waals surface area contributed by atoms with E-state index in [1.54, 1.807) is 0 Å². The van der Waals surface area contributed by atoms with Crippen molar-refractivity contribution in [3.05, 3.63) is 0 Å². The van der Waals surface area contributed by atoms with Gasteiger partial charge in [0.05, 0.1) is 0 Å². The van der Waals surface area contributed by atoms with Crippen LogP contribution in [-0.4, -0.2) is 23.5 Å². The van der Waals surface area contributed by atoms with Crippen LogP contribution in [0.15, 0.2) is 0 Å². The van der Waals surface area contributed by atoms with Gasteiger partial charge in [-0.15, -0.1) is 0 Å². The van der Waals surface area contributed by atoms with Crippen molar-refractivity contribution >= 4 is 0 Å². The van der Waals surface area contributed by atoms with Crippen molar-refractivity contribution < 1.29 is 0 Å². The van der Waals surface area contributed by atoms with Gasteiger partial charge in [-0.2, -0.15) is 0 Å². The second-order valence-corrected chi connectivity index (χ2v) is 4.25. The lowest BCUT2D eigenvalue weighted by Gasteiger charge is -2.10. The fourth-order valence-electron chi connectivity index (χ4n) is 2.60. The highest BCUT2D eigenvalue weighted by Gasteiger charge is 2.49. The Morgan fingerprint density at radius 2 is 2.27 bits per heavy atom. The van der Waals surface area contributed by atoms with Gasteiger partial charge in [0, 0.05) is 18.6 Å². The van der Waals surface area contributed by atoms with E-state index in [1.807, 2.05) is 0 Å². The lowest BCUT2D eigenvalue weighted by atomic mass is 9.95. The van der Waals surface area contributed by atoms with Crippen LogP contribution in [0.25, 0.3) is 0 Å². The Morgan fingerprint density at radius 3 is 2.73 bits per heavy atom. The molecule has 2 heterocycles. The van der Waals surface area contributed by atoms with Crippen molar-refractivity contribution in [2.75, 3.05) is 6.54 Å². The number of hydrogen-bond acceptors (Lipinski definition) is 1. The van der Waals surface area contributed by atoms with Crippen molar-refractivity contribution in [2.24, 2.45) is 5.92 Å². The van der Waals surface area contributed by atoms with E-state index in [4.69, 9.17) is 0 Å². The van der Waals surface area contributed by atoms with Gasteiger partial charge in [-0.3, -0.25) is 4.90 Å². The molecule has 2 saturated heterocycles. The average Bonchev–Trinajstić information content (AvgIpc) is 2.71. The quantitative estimate of drug-likeness (QED) is 0.562. The molecule has 0 bridgehead atoms. The Morgan fingerprint density at radius 1 is 1.45 bits per heavy atom. The van der Waals surface area contributed by atoms with Gasteiger partial charge in [-0.25, -0.2) is 0 Å². The lowest BCUT2D eigenvalue weighted by Crippen LogP contribution is -2.10. The van der Waals surface area contributed by atoms with Crippen LogP contribution in [-0.2, 0) is 0 Å². The number of rotatable bonds is 3. The third-order valence-corrected chi connectivity index (χ3v) is 3.37. The van der Waals surface area contributed by atoms with Crippen LogP contribution >= 0.6 is 0 Å². The molecule has 2 rings (SSSR count). The third kappa shape index (κ3) is 1.31. The number of fused-ring (bicyclic) bond motifs is 1. The molecule has 0 aliphatic carbocycles. The minimum atomic E-state index is 0.904. The monoisotopic (exact) mass is 153 g/mol. The minimum Gasteiger partial charge on any atom is -0.295 e. The summed E-state index contributed by atoms with van der Waals surface area (Å²) in [5, 5.41) is 0. The predicted molar refractivity (Wildman–Crippen MR) is 47.6 cm³/mol. The Kier molecular flexibility index (Phi) is 1.92. The predicted octanol–water partition coefficient (Wildman–Crippen LogP) is 2.27. The molecule has 1 nitrogen and oxygen atoms in total. The van der Waals surface area contributed by atoms with Gasteiger partial charge in [-0.05, 0) is 25.7 Å². The van der Waals surface area contributed by atoms with Gasteiger partial charge < -0.3 is 0 Å². The zero-order valence-corrected chi connectivity index (χ0v) is 7.71. The van der Waals surface area contributed by atoms with Crippen LogP contribution in [0.4, 0.5) is 0 Å². The maximum Gasteiger partial charge on any atom is 0.0255 e. The molecule has 64 valence electrons. The Hall–Kier alpha value is -0.0400. The number of nitrogens with zero attached hydrogens (tertiary/aromatic N) is 1. The van der Waals surface area contributed by atoms with E-state index < -0.39 is 0 Å². The number of piperidine rings is 1. The molecule has 11 heavy (non-hydrogen) atoms. The van der Waals surface area contributed by atoms with Crippen LogP contribution < -0.4 is 0 Å². The topological polar surface area (TPSA) is 3.01 Å². The number of hydrogen-bond donors (Lipinski definition) is 0. The fraction of sp³-hybridized carbons (Fsp3) is 1.00. The summed E-state index contributed by atoms with van der Waals surface area (Å²) in [5.41, 5.74) is 0. The van der Waals surface area contributed by atoms with E-state index in [9.17, 15) is 0 Å². The van der Waals surface area contributed by atoms with Crippen LogP contribution in [0.3, 0.4) is 0 Å². The van der Waals surface area contributed by atoms with Crippen LogP contribution in [0.5, 0.6) is 0 Å². The second-order valence-electron chi connectivity index (χ2n) is 4.25. The molecule has 0 spiro atoms. The second kappa shape index (κ2) is 2.78. The maximum absolute atomic E-state index is 2.65. The van der Waals surface area contributed by atoms with Gasteiger partial charge in [0.15, 0.2) is 0 Å². The van der Waals surface area contributed by atoms with E-state index in [1.165, 1.54) is 32.2 Å². The Labute approximate surface area is 69.8 Å². The molecule has 0 N–H and O–H groups in total. The van der Waals surface area contributed by atoms with Crippen molar-refractivity contribution in [2.45, 2.75) is 51.6 Å². The van der Waals surface area contributed by atoms with E-state index >= 15 is 0 Å². The molecule has 0 aromatic rings. The molecule has 4 atom stereocenters. The molecule has 0 aromatic heterocycles. The first-order valence-corrected chi connectivity index (χ1v) is 5.08. The van der Waals surface area contributed by atoms with Crippen molar-refractivity contribution in [3.8, 4) is 0 Å². The standard InChI is InChI=1S/C10H19N/c1-3-4-5-9-6-8(2)11-7-10(9)11/h8-10H,3-7H2,1-2H3. The summed E-state index contributed by atoms with van der Waals surface area (Å²) in [5.74, 6) is 1.06. The largest absolute Gasteiger partial charge is 0.295 e. The molecule has 0 amide bonds. The van der Waals surface area contributed by atoms with Crippen molar-refractivity contribution in [3.63, 3.8) is 0 Å². The number of unbranched alkanes of at least 4 members (excludes halogenated alkanes) is 1. The first kappa shape index (κ1) is 7.60. The summed E-state index contributed by atoms with van der Waals surface area (Å²) in [4.78, 5) is 2.65. The van der Waals surface area contributed by atoms with E-state index in [0.717, 1.165) is 18.0 Å². The highest BCUT2D eigenvalue weighted by molar-refractivity contribution is 5.04. The van der Waals surface area contributed by atoms with Crippen LogP contribution in [0.1, 0.15) is 39.5 Å². The van der Waals surface area contributed by atoms with Crippen LogP contribution in [0, 0.1) is 5.92 Å². The maximum atomic E-state index is 2.65. The zero-order chi connectivity index (χ0) is 7.84. The summed E-state index contributed by atoms with van der Waals surface area (Å²) < 4.78 is 0.